The molecule has 2 aromatic heterocycles. The van der Waals surface area contributed by atoms with Crippen LogP contribution in [-0.2, 0) is 0 Å². The molecule has 0 aliphatic heterocycles. The molecule has 0 saturated heterocycles. The summed E-state index contributed by atoms with van der Waals surface area (Å²) in [6.07, 6.45) is 0. The highest BCUT2D eigenvalue weighted by molar-refractivity contribution is 6.06. The second-order valence-electron chi connectivity index (χ2n) is 12.1. The third kappa shape index (κ3) is 5.56. The van der Waals surface area contributed by atoms with Crippen molar-refractivity contribution in [2.24, 2.45) is 0 Å². The first-order chi connectivity index (χ1) is 24.2. The smallest absolute Gasteiger partial charge is 0.164 e. The zero-order chi connectivity index (χ0) is 32.6. The van der Waals surface area contributed by atoms with E-state index in [9.17, 15) is 0 Å². The van der Waals surface area contributed by atoms with Gasteiger partial charge in [0, 0.05) is 27.5 Å². The SMILES string of the molecule is c1ccc(-c2ccc(-c3ccc4c(c3)oc3cc(-c5nc(-c6ccccc6)nc(-c6cccc(-c7ccccc7)c6)n5)ccc34)cc2)cc1. The average Bonchev–Trinajstić information content (AvgIpc) is 3.56. The Labute approximate surface area is 284 Å². The van der Waals surface area contributed by atoms with Crippen molar-refractivity contribution in [3.8, 4) is 67.5 Å². The van der Waals surface area contributed by atoms with Crippen LogP contribution in [0.4, 0.5) is 0 Å². The molecule has 0 bridgehead atoms. The van der Waals surface area contributed by atoms with Crippen LogP contribution in [0.2, 0.25) is 0 Å². The Balaban J connectivity index is 1.11. The number of benzene rings is 7. The van der Waals surface area contributed by atoms with E-state index in [1.807, 2.05) is 48.5 Å². The van der Waals surface area contributed by atoms with Crippen LogP contribution >= 0.6 is 0 Å². The minimum atomic E-state index is 0.593. The Morgan fingerprint density at radius 3 is 1.20 bits per heavy atom. The van der Waals surface area contributed by atoms with E-state index < -0.39 is 0 Å². The maximum absolute atomic E-state index is 6.49. The zero-order valence-corrected chi connectivity index (χ0v) is 26.5. The monoisotopic (exact) mass is 627 g/mol. The molecule has 0 atom stereocenters. The van der Waals surface area contributed by atoms with Crippen molar-refractivity contribution in [1.29, 1.82) is 0 Å². The number of fused-ring (bicyclic) bond motifs is 3. The summed E-state index contributed by atoms with van der Waals surface area (Å²) in [6, 6.07) is 60.5. The van der Waals surface area contributed by atoms with Crippen molar-refractivity contribution in [3.63, 3.8) is 0 Å². The molecule has 2 heterocycles. The highest BCUT2D eigenvalue weighted by Crippen LogP contribution is 2.35. The van der Waals surface area contributed by atoms with Crippen molar-refractivity contribution in [3.05, 3.63) is 176 Å². The van der Waals surface area contributed by atoms with Crippen molar-refractivity contribution in [2.75, 3.05) is 0 Å². The van der Waals surface area contributed by atoms with Gasteiger partial charge < -0.3 is 4.42 Å². The summed E-state index contributed by atoms with van der Waals surface area (Å²) in [5.41, 5.74) is 11.3. The second kappa shape index (κ2) is 12.2. The van der Waals surface area contributed by atoms with Gasteiger partial charge in [-0.25, -0.2) is 15.0 Å². The number of rotatable bonds is 6. The summed E-state index contributed by atoms with van der Waals surface area (Å²) < 4.78 is 6.49. The van der Waals surface area contributed by atoms with Gasteiger partial charge in [-0.1, -0.05) is 146 Å². The number of hydrogen-bond donors (Lipinski definition) is 0. The molecule has 0 amide bonds. The number of aromatic nitrogens is 3. The molecular weight excluding hydrogens is 599 g/mol. The standard InChI is InChI=1S/C45H29N3O/c1-4-11-30(12-5-1)32-19-21-33(22-20-32)36-23-25-39-40-26-24-38(29-42(40)49-41(39)28-36)45-47-43(34-15-8-3-9-16-34)46-44(48-45)37-18-10-17-35(27-37)31-13-6-2-7-14-31/h1-29H. The van der Waals surface area contributed by atoms with Gasteiger partial charge in [0.1, 0.15) is 11.2 Å². The fourth-order valence-corrected chi connectivity index (χ4v) is 6.40. The largest absolute Gasteiger partial charge is 0.456 e. The first-order valence-electron chi connectivity index (χ1n) is 16.4. The van der Waals surface area contributed by atoms with E-state index in [4.69, 9.17) is 19.4 Å². The molecule has 9 rings (SSSR count). The predicted octanol–water partition coefficient (Wildman–Crippen LogP) is 11.8. The number of hydrogen-bond acceptors (Lipinski definition) is 4. The lowest BCUT2D eigenvalue weighted by Gasteiger charge is -2.09. The van der Waals surface area contributed by atoms with Crippen LogP contribution in [0, 0.1) is 0 Å². The minimum absolute atomic E-state index is 0.593. The summed E-state index contributed by atoms with van der Waals surface area (Å²) in [4.78, 5) is 14.9. The molecule has 9 aromatic rings. The molecule has 0 N–H and O–H groups in total. The summed E-state index contributed by atoms with van der Waals surface area (Å²) in [7, 11) is 0. The van der Waals surface area contributed by atoms with E-state index in [0.29, 0.717) is 17.5 Å². The van der Waals surface area contributed by atoms with Crippen LogP contribution in [-0.4, -0.2) is 15.0 Å². The highest BCUT2D eigenvalue weighted by Gasteiger charge is 2.15. The summed E-state index contributed by atoms with van der Waals surface area (Å²) >= 11 is 0. The van der Waals surface area contributed by atoms with E-state index >= 15 is 0 Å². The fourth-order valence-electron chi connectivity index (χ4n) is 6.40. The lowest BCUT2D eigenvalue weighted by Crippen LogP contribution is -2.00. The lowest BCUT2D eigenvalue weighted by atomic mass is 9.99. The van der Waals surface area contributed by atoms with Crippen LogP contribution in [0.25, 0.3) is 89.5 Å². The fraction of sp³-hybridized carbons (Fsp3) is 0. The van der Waals surface area contributed by atoms with Gasteiger partial charge in [-0.15, -0.1) is 0 Å². The molecule has 0 unspecified atom stereocenters. The lowest BCUT2D eigenvalue weighted by molar-refractivity contribution is 0.669. The van der Waals surface area contributed by atoms with Gasteiger partial charge in [0.15, 0.2) is 17.5 Å². The van der Waals surface area contributed by atoms with Gasteiger partial charge in [-0.05, 0) is 63.7 Å². The molecule has 0 fully saturated rings. The minimum Gasteiger partial charge on any atom is -0.456 e. The van der Waals surface area contributed by atoms with Gasteiger partial charge in [0.05, 0.1) is 0 Å². The van der Waals surface area contributed by atoms with Gasteiger partial charge in [-0.2, -0.15) is 0 Å². The maximum atomic E-state index is 6.49. The third-order valence-corrected chi connectivity index (χ3v) is 8.95. The van der Waals surface area contributed by atoms with Gasteiger partial charge >= 0.3 is 0 Å². The van der Waals surface area contributed by atoms with Gasteiger partial charge in [0.25, 0.3) is 0 Å². The van der Waals surface area contributed by atoms with Crippen molar-refractivity contribution in [1.82, 2.24) is 15.0 Å². The van der Waals surface area contributed by atoms with E-state index in [2.05, 4.69) is 127 Å². The predicted molar refractivity (Wildman–Crippen MR) is 200 cm³/mol. The first kappa shape index (κ1) is 28.6. The molecule has 4 nitrogen and oxygen atoms in total. The Hall–Kier alpha value is -6.65. The topological polar surface area (TPSA) is 51.8 Å². The molecular formula is C45H29N3O. The summed E-state index contributed by atoms with van der Waals surface area (Å²) in [6.45, 7) is 0. The van der Waals surface area contributed by atoms with Crippen molar-refractivity contribution >= 4 is 21.9 Å². The van der Waals surface area contributed by atoms with E-state index in [-0.39, 0.29) is 0 Å². The van der Waals surface area contributed by atoms with E-state index in [1.165, 1.54) is 11.1 Å². The maximum Gasteiger partial charge on any atom is 0.164 e. The van der Waals surface area contributed by atoms with Crippen LogP contribution in [0.1, 0.15) is 0 Å². The Bertz CT molecular complexity index is 2580. The molecule has 4 heteroatoms. The quantitative estimate of drug-likeness (QED) is 0.184. The molecule has 0 saturated carbocycles. The molecule has 49 heavy (non-hydrogen) atoms. The molecule has 0 spiro atoms. The summed E-state index contributed by atoms with van der Waals surface area (Å²) in [5.74, 6) is 1.84. The van der Waals surface area contributed by atoms with Crippen molar-refractivity contribution < 1.29 is 4.42 Å². The summed E-state index contributed by atoms with van der Waals surface area (Å²) in [5, 5.41) is 2.13. The Kier molecular flexibility index (Phi) is 7.10. The van der Waals surface area contributed by atoms with Crippen LogP contribution in [0.15, 0.2) is 180 Å². The zero-order valence-electron chi connectivity index (χ0n) is 26.5. The Morgan fingerprint density at radius 2 is 0.612 bits per heavy atom. The van der Waals surface area contributed by atoms with Crippen LogP contribution < -0.4 is 0 Å². The van der Waals surface area contributed by atoms with E-state index in [1.54, 1.807) is 0 Å². The molecule has 7 aromatic carbocycles. The van der Waals surface area contributed by atoms with Gasteiger partial charge in [-0.3, -0.25) is 0 Å². The molecule has 0 aliphatic rings. The number of nitrogens with zero attached hydrogens (tertiary/aromatic N) is 3. The molecule has 230 valence electrons. The molecule has 0 aliphatic carbocycles. The highest BCUT2D eigenvalue weighted by atomic mass is 16.3. The average molecular weight is 628 g/mol. The van der Waals surface area contributed by atoms with Crippen LogP contribution in [0.5, 0.6) is 0 Å². The first-order valence-corrected chi connectivity index (χ1v) is 16.4. The van der Waals surface area contributed by atoms with Crippen LogP contribution in [0.3, 0.4) is 0 Å². The van der Waals surface area contributed by atoms with Gasteiger partial charge in [0.2, 0.25) is 0 Å². The number of furan rings is 1. The third-order valence-electron chi connectivity index (χ3n) is 8.95. The van der Waals surface area contributed by atoms with E-state index in [0.717, 1.165) is 60.9 Å². The Morgan fingerprint density at radius 1 is 0.265 bits per heavy atom. The normalized spacial score (nSPS) is 11.3. The van der Waals surface area contributed by atoms with Crippen molar-refractivity contribution in [2.45, 2.75) is 0 Å². The molecule has 0 radical (unpaired) electrons. The second-order valence-corrected chi connectivity index (χ2v) is 12.1.